The van der Waals surface area contributed by atoms with Gasteiger partial charge in [0.1, 0.15) is 0 Å². The van der Waals surface area contributed by atoms with E-state index in [0.29, 0.717) is 0 Å². The minimum atomic E-state index is 0.0581. The lowest BCUT2D eigenvalue weighted by atomic mass is 9.92. The van der Waals surface area contributed by atoms with Crippen LogP contribution < -0.4 is 0 Å². The predicted octanol–water partition coefficient (Wildman–Crippen LogP) is 2.55. The standard InChI is InChI=1S/C14H24N4/c1-11-8-13(14(2,3)4)16-18(11)12(9-15-5)10-17(6)7/h8-10H,1-7H3/b12-10-,15-9?. The number of allylic oxidation sites excluding steroid dienone is 1. The van der Waals surface area contributed by atoms with Gasteiger partial charge in [-0.3, -0.25) is 4.99 Å². The average molecular weight is 248 g/mol. The number of nitrogens with zero attached hydrogens (tertiary/aromatic N) is 4. The van der Waals surface area contributed by atoms with E-state index < -0.39 is 0 Å². The van der Waals surface area contributed by atoms with Crippen LogP contribution in [-0.2, 0) is 5.41 Å². The van der Waals surface area contributed by atoms with Gasteiger partial charge in [-0.15, -0.1) is 0 Å². The first-order valence-corrected chi connectivity index (χ1v) is 6.13. The Hall–Kier alpha value is -1.58. The average Bonchev–Trinajstić information content (AvgIpc) is 2.58. The minimum absolute atomic E-state index is 0.0581. The van der Waals surface area contributed by atoms with Crippen LogP contribution in [0.1, 0.15) is 32.2 Å². The van der Waals surface area contributed by atoms with Gasteiger partial charge in [0.2, 0.25) is 0 Å². The highest BCUT2D eigenvalue weighted by Gasteiger charge is 2.19. The maximum absolute atomic E-state index is 4.68. The number of rotatable bonds is 3. The number of hydrogen-bond donors (Lipinski definition) is 0. The monoisotopic (exact) mass is 248 g/mol. The van der Waals surface area contributed by atoms with Gasteiger partial charge in [0.15, 0.2) is 0 Å². The lowest BCUT2D eigenvalue weighted by Crippen LogP contribution is -2.14. The van der Waals surface area contributed by atoms with E-state index in [0.717, 1.165) is 17.1 Å². The number of aliphatic imine (C=N–C) groups is 1. The summed E-state index contributed by atoms with van der Waals surface area (Å²) in [5.74, 6) is 0. The summed E-state index contributed by atoms with van der Waals surface area (Å²) in [6.45, 7) is 8.57. The summed E-state index contributed by atoms with van der Waals surface area (Å²) < 4.78 is 1.94. The Kier molecular flexibility index (Phi) is 4.33. The molecule has 18 heavy (non-hydrogen) atoms. The van der Waals surface area contributed by atoms with Crippen LogP contribution in [0.4, 0.5) is 0 Å². The Balaban J connectivity index is 3.26. The van der Waals surface area contributed by atoms with Crippen molar-refractivity contribution in [1.29, 1.82) is 0 Å². The van der Waals surface area contributed by atoms with E-state index in [1.807, 2.05) is 36.1 Å². The Morgan fingerprint density at radius 2 is 2.00 bits per heavy atom. The fourth-order valence-electron chi connectivity index (χ4n) is 1.64. The lowest BCUT2D eigenvalue weighted by molar-refractivity contribution is 0.553. The second kappa shape index (κ2) is 5.38. The van der Waals surface area contributed by atoms with Crippen LogP contribution in [0.2, 0.25) is 0 Å². The van der Waals surface area contributed by atoms with E-state index in [4.69, 9.17) is 0 Å². The van der Waals surface area contributed by atoms with Gasteiger partial charge in [0.25, 0.3) is 0 Å². The van der Waals surface area contributed by atoms with Crippen molar-refractivity contribution < 1.29 is 0 Å². The van der Waals surface area contributed by atoms with Crippen molar-refractivity contribution in [3.63, 3.8) is 0 Å². The molecule has 1 heterocycles. The Bertz CT molecular complexity index is 459. The molecule has 0 aliphatic heterocycles. The van der Waals surface area contributed by atoms with Crippen LogP contribution in [0.15, 0.2) is 17.3 Å². The van der Waals surface area contributed by atoms with Crippen molar-refractivity contribution in [3.8, 4) is 0 Å². The molecular formula is C14H24N4. The van der Waals surface area contributed by atoms with Crippen LogP contribution >= 0.6 is 0 Å². The molecule has 100 valence electrons. The summed E-state index contributed by atoms with van der Waals surface area (Å²) in [6.07, 6.45) is 3.84. The van der Waals surface area contributed by atoms with E-state index in [9.17, 15) is 0 Å². The fraction of sp³-hybridized carbons (Fsp3) is 0.571. The third kappa shape index (κ3) is 3.45. The molecule has 0 amide bonds. The van der Waals surface area contributed by atoms with Gasteiger partial charge in [-0.05, 0) is 13.0 Å². The minimum Gasteiger partial charge on any atom is -0.382 e. The van der Waals surface area contributed by atoms with Gasteiger partial charge in [0.05, 0.1) is 11.4 Å². The number of hydrogen-bond acceptors (Lipinski definition) is 3. The summed E-state index contributed by atoms with van der Waals surface area (Å²) in [6, 6.07) is 2.13. The zero-order valence-electron chi connectivity index (χ0n) is 12.5. The topological polar surface area (TPSA) is 33.4 Å². The molecule has 0 fully saturated rings. The molecule has 1 aromatic rings. The molecule has 0 atom stereocenters. The molecule has 0 radical (unpaired) electrons. The predicted molar refractivity (Wildman–Crippen MR) is 78.0 cm³/mol. The largest absolute Gasteiger partial charge is 0.382 e. The summed E-state index contributed by atoms with van der Waals surface area (Å²) in [7, 11) is 5.76. The van der Waals surface area contributed by atoms with Crippen LogP contribution in [0.25, 0.3) is 5.70 Å². The molecule has 0 bridgehead atoms. The molecule has 1 rings (SSSR count). The molecule has 4 heteroatoms. The van der Waals surface area contributed by atoms with Gasteiger partial charge in [-0.1, -0.05) is 20.8 Å². The summed E-state index contributed by atoms with van der Waals surface area (Å²) >= 11 is 0. The molecule has 0 spiro atoms. The van der Waals surface area contributed by atoms with Crippen molar-refractivity contribution in [2.45, 2.75) is 33.1 Å². The summed E-state index contributed by atoms with van der Waals surface area (Å²) in [4.78, 5) is 6.09. The molecule has 1 aromatic heterocycles. The molecule has 0 aliphatic rings. The second-order valence-corrected chi connectivity index (χ2v) is 5.74. The van der Waals surface area contributed by atoms with Gasteiger partial charge < -0.3 is 4.90 Å². The molecule has 0 N–H and O–H groups in total. The fourth-order valence-corrected chi connectivity index (χ4v) is 1.64. The first-order valence-electron chi connectivity index (χ1n) is 6.13. The van der Waals surface area contributed by atoms with Crippen LogP contribution in [0, 0.1) is 6.92 Å². The van der Waals surface area contributed by atoms with Gasteiger partial charge in [-0.2, -0.15) is 5.10 Å². The Morgan fingerprint density at radius 3 is 2.39 bits per heavy atom. The molecule has 0 unspecified atom stereocenters. The van der Waals surface area contributed by atoms with E-state index >= 15 is 0 Å². The van der Waals surface area contributed by atoms with Gasteiger partial charge >= 0.3 is 0 Å². The molecule has 4 nitrogen and oxygen atoms in total. The van der Waals surface area contributed by atoms with Crippen molar-refractivity contribution in [1.82, 2.24) is 14.7 Å². The maximum atomic E-state index is 4.68. The summed E-state index contributed by atoms with van der Waals surface area (Å²) in [5.41, 5.74) is 3.24. The van der Waals surface area contributed by atoms with Crippen molar-refractivity contribution in [2.24, 2.45) is 4.99 Å². The SMILES string of the molecule is CN=C/C(=C/N(C)C)n1nc(C(C)(C)C)cc1C. The normalized spacial score (nSPS) is 13.4. The van der Waals surface area contributed by atoms with E-state index in [1.54, 1.807) is 7.05 Å². The van der Waals surface area contributed by atoms with Crippen LogP contribution in [0.5, 0.6) is 0 Å². The molecule has 0 aliphatic carbocycles. The first-order chi connectivity index (χ1) is 8.25. The third-order valence-electron chi connectivity index (χ3n) is 2.55. The highest BCUT2D eigenvalue weighted by atomic mass is 15.3. The van der Waals surface area contributed by atoms with Gasteiger partial charge in [-0.25, -0.2) is 4.68 Å². The molecule has 0 saturated carbocycles. The number of aromatic nitrogens is 2. The van der Waals surface area contributed by atoms with Gasteiger partial charge in [0, 0.05) is 44.7 Å². The summed E-state index contributed by atoms with van der Waals surface area (Å²) in [5, 5.41) is 4.68. The Labute approximate surface area is 110 Å². The zero-order valence-corrected chi connectivity index (χ0v) is 12.5. The third-order valence-corrected chi connectivity index (χ3v) is 2.55. The molecule has 0 saturated heterocycles. The number of aryl methyl sites for hydroxylation is 1. The van der Waals surface area contributed by atoms with Crippen LogP contribution in [0.3, 0.4) is 0 Å². The molecular weight excluding hydrogens is 224 g/mol. The highest BCUT2D eigenvalue weighted by molar-refractivity contribution is 6.01. The van der Waals surface area contributed by atoms with Crippen LogP contribution in [-0.4, -0.2) is 42.0 Å². The lowest BCUT2D eigenvalue weighted by Gasteiger charge is -2.14. The Morgan fingerprint density at radius 1 is 1.39 bits per heavy atom. The molecule has 0 aromatic carbocycles. The van der Waals surface area contributed by atoms with E-state index in [1.165, 1.54) is 0 Å². The zero-order chi connectivity index (χ0) is 13.9. The first kappa shape index (κ1) is 14.5. The van der Waals surface area contributed by atoms with Crippen molar-refractivity contribution in [2.75, 3.05) is 21.1 Å². The smallest absolute Gasteiger partial charge is 0.0984 e. The van der Waals surface area contributed by atoms with Crippen molar-refractivity contribution >= 4 is 11.9 Å². The van der Waals surface area contributed by atoms with E-state index in [-0.39, 0.29) is 5.41 Å². The highest BCUT2D eigenvalue weighted by Crippen LogP contribution is 2.22. The quantitative estimate of drug-likeness (QED) is 0.770. The second-order valence-electron chi connectivity index (χ2n) is 5.74. The van der Waals surface area contributed by atoms with Crippen molar-refractivity contribution in [3.05, 3.63) is 23.7 Å². The maximum Gasteiger partial charge on any atom is 0.0984 e. The van der Waals surface area contributed by atoms with E-state index in [2.05, 4.69) is 43.9 Å².